The number of anilines is 1. The molecule has 10 nitrogen and oxygen atoms in total. The van der Waals surface area contributed by atoms with E-state index in [1.807, 2.05) is 0 Å². The van der Waals surface area contributed by atoms with Gasteiger partial charge in [0.25, 0.3) is 0 Å². The van der Waals surface area contributed by atoms with Crippen molar-refractivity contribution in [1.29, 1.82) is 0 Å². The van der Waals surface area contributed by atoms with Gasteiger partial charge in [0.2, 0.25) is 23.5 Å². The molecule has 170 valence electrons. The zero-order valence-corrected chi connectivity index (χ0v) is 17.7. The predicted molar refractivity (Wildman–Crippen MR) is 110 cm³/mol. The molecular weight excluding hydrogens is 421 g/mol. The number of nitro benzene ring substituents is 1. The molecule has 0 bridgehead atoms. The van der Waals surface area contributed by atoms with Crippen LogP contribution in [0, 0.1) is 28.8 Å². The van der Waals surface area contributed by atoms with Crippen molar-refractivity contribution >= 4 is 23.2 Å². The quantitative estimate of drug-likeness (QED) is 0.425. The summed E-state index contributed by atoms with van der Waals surface area (Å²) in [6.07, 6.45) is 5.21. The van der Waals surface area contributed by atoms with Gasteiger partial charge < -0.3 is 14.7 Å². The number of aryl methyl sites for hydroxylation is 1. The number of nitro groups is 1. The first-order chi connectivity index (χ1) is 15.3. The number of amides is 2. The monoisotopic (exact) mass is 445 g/mol. The van der Waals surface area contributed by atoms with Gasteiger partial charge >= 0.3 is 5.69 Å². The SMILES string of the molecule is Cc1nc(C2(NC(=O)C3CC(=O)N(c4ccc(F)c([N+](=O)[O-])c4)C3)CCCCCC2)no1. The Balaban J connectivity index is 1.54. The van der Waals surface area contributed by atoms with Gasteiger partial charge in [0.05, 0.1) is 16.5 Å². The molecule has 32 heavy (non-hydrogen) atoms. The van der Waals surface area contributed by atoms with Crippen molar-refractivity contribution in [3.05, 3.63) is 45.8 Å². The minimum atomic E-state index is -0.981. The molecule has 2 fully saturated rings. The summed E-state index contributed by atoms with van der Waals surface area (Å²) in [5.41, 5.74) is -1.28. The summed E-state index contributed by atoms with van der Waals surface area (Å²) in [6, 6.07) is 3.27. The molecule has 1 atom stereocenters. The third-order valence-electron chi connectivity index (χ3n) is 6.21. The van der Waals surface area contributed by atoms with Crippen molar-refractivity contribution in [2.75, 3.05) is 11.4 Å². The van der Waals surface area contributed by atoms with Gasteiger partial charge in [0.1, 0.15) is 5.54 Å². The van der Waals surface area contributed by atoms with Crippen LogP contribution in [0.1, 0.15) is 56.7 Å². The topological polar surface area (TPSA) is 131 Å². The maximum atomic E-state index is 13.7. The summed E-state index contributed by atoms with van der Waals surface area (Å²) in [5.74, 6) is -1.43. The van der Waals surface area contributed by atoms with E-state index in [0.717, 1.165) is 37.8 Å². The first-order valence-electron chi connectivity index (χ1n) is 10.7. The normalized spacial score (nSPS) is 20.8. The van der Waals surface area contributed by atoms with Gasteiger partial charge in [-0.1, -0.05) is 30.8 Å². The van der Waals surface area contributed by atoms with Crippen LogP contribution in [0.25, 0.3) is 0 Å². The summed E-state index contributed by atoms with van der Waals surface area (Å²) in [4.78, 5) is 41.7. The lowest BCUT2D eigenvalue weighted by molar-refractivity contribution is -0.387. The zero-order valence-electron chi connectivity index (χ0n) is 17.7. The number of halogens is 1. The number of nitrogens with one attached hydrogen (secondary N) is 1. The Morgan fingerprint density at radius 2 is 2.03 bits per heavy atom. The highest BCUT2D eigenvalue weighted by Crippen LogP contribution is 2.36. The molecule has 2 aromatic rings. The van der Waals surface area contributed by atoms with Gasteiger partial charge in [0.15, 0.2) is 5.82 Å². The molecule has 1 unspecified atom stereocenters. The molecule has 1 aromatic carbocycles. The van der Waals surface area contributed by atoms with E-state index in [1.165, 1.54) is 11.0 Å². The lowest BCUT2D eigenvalue weighted by Gasteiger charge is -2.31. The van der Waals surface area contributed by atoms with E-state index in [2.05, 4.69) is 15.5 Å². The molecular formula is C21H24FN5O5. The molecule has 1 aromatic heterocycles. The highest BCUT2D eigenvalue weighted by molar-refractivity contribution is 6.00. The second kappa shape index (κ2) is 8.64. The maximum absolute atomic E-state index is 13.7. The van der Waals surface area contributed by atoms with Gasteiger partial charge in [0, 0.05) is 26.0 Å². The summed E-state index contributed by atoms with van der Waals surface area (Å²) < 4.78 is 18.8. The molecule has 4 rings (SSSR count). The van der Waals surface area contributed by atoms with Crippen molar-refractivity contribution < 1.29 is 23.4 Å². The fraction of sp³-hybridized carbons (Fsp3) is 0.524. The van der Waals surface area contributed by atoms with Crippen molar-refractivity contribution in [3.8, 4) is 0 Å². The fourth-order valence-electron chi connectivity index (χ4n) is 4.51. The van der Waals surface area contributed by atoms with Gasteiger partial charge in [-0.2, -0.15) is 9.37 Å². The Labute approximate surface area is 183 Å². The number of rotatable bonds is 5. The van der Waals surface area contributed by atoms with Crippen LogP contribution in [0.4, 0.5) is 15.8 Å². The molecule has 1 N–H and O–H groups in total. The number of carbonyl (C=O) groups is 2. The fourth-order valence-corrected chi connectivity index (χ4v) is 4.51. The van der Waals surface area contributed by atoms with E-state index in [-0.39, 0.29) is 30.5 Å². The van der Waals surface area contributed by atoms with E-state index < -0.39 is 27.9 Å². The third-order valence-corrected chi connectivity index (χ3v) is 6.21. The summed E-state index contributed by atoms with van der Waals surface area (Å²) in [6.45, 7) is 1.74. The minimum absolute atomic E-state index is 0.0433. The predicted octanol–water partition coefficient (Wildman–Crippen LogP) is 3.14. The van der Waals surface area contributed by atoms with Crippen LogP contribution in [0.15, 0.2) is 22.7 Å². The van der Waals surface area contributed by atoms with Crippen LogP contribution in [0.2, 0.25) is 0 Å². The summed E-state index contributed by atoms with van der Waals surface area (Å²) >= 11 is 0. The van der Waals surface area contributed by atoms with E-state index >= 15 is 0 Å². The molecule has 11 heteroatoms. The zero-order chi connectivity index (χ0) is 22.9. The van der Waals surface area contributed by atoms with Crippen LogP contribution in [0.3, 0.4) is 0 Å². The number of aromatic nitrogens is 2. The number of hydrogen-bond donors (Lipinski definition) is 1. The van der Waals surface area contributed by atoms with Crippen LogP contribution >= 0.6 is 0 Å². The lowest BCUT2D eigenvalue weighted by atomic mass is 9.88. The van der Waals surface area contributed by atoms with Gasteiger partial charge in [-0.05, 0) is 25.0 Å². The molecule has 1 aliphatic carbocycles. The van der Waals surface area contributed by atoms with Crippen LogP contribution in [-0.2, 0) is 15.1 Å². The van der Waals surface area contributed by atoms with Crippen molar-refractivity contribution in [3.63, 3.8) is 0 Å². The Hall–Kier alpha value is -3.37. The Morgan fingerprint density at radius 3 is 2.66 bits per heavy atom. The Bertz CT molecular complexity index is 1050. The number of carbonyl (C=O) groups excluding carboxylic acids is 2. The highest BCUT2D eigenvalue weighted by atomic mass is 19.1. The largest absolute Gasteiger partial charge is 0.343 e. The smallest absolute Gasteiger partial charge is 0.306 e. The molecule has 1 saturated heterocycles. The van der Waals surface area contributed by atoms with Crippen LogP contribution < -0.4 is 10.2 Å². The first kappa shape index (κ1) is 21.8. The molecule has 2 aliphatic rings. The second-order valence-electron chi connectivity index (χ2n) is 8.42. The van der Waals surface area contributed by atoms with Crippen molar-refractivity contribution in [2.45, 2.75) is 57.4 Å². The van der Waals surface area contributed by atoms with Gasteiger partial charge in [-0.3, -0.25) is 19.7 Å². The molecule has 0 radical (unpaired) electrons. The Morgan fingerprint density at radius 1 is 1.31 bits per heavy atom. The second-order valence-corrected chi connectivity index (χ2v) is 8.42. The standard InChI is InChI=1S/C21H24FN5O5/c1-13-23-20(25-32-13)21(8-4-2-3-5-9-21)24-19(29)14-10-18(28)26(12-14)15-6-7-16(22)17(11-15)27(30)31/h6-7,11,14H,2-5,8-10,12H2,1H3,(H,24,29). The molecule has 1 aliphatic heterocycles. The van der Waals surface area contributed by atoms with Crippen molar-refractivity contribution in [1.82, 2.24) is 15.5 Å². The third kappa shape index (κ3) is 4.19. The molecule has 2 amide bonds. The Kier molecular flexibility index (Phi) is 5.90. The van der Waals surface area contributed by atoms with E-state index in [1.54, 1.807) is 6.92 Å². The minimum Gasteiger partial charge on any atom is -0.343 e. The van der Waals surface area contributed by atoms with E-state index in [0.29, 0.717) is 24.6 Å². The van der Waals surface area contributed by atoms with E-state index in [9.17, 15) is 24.1 Å². The van der Waals surface area contributed by atoms with E-state index in [4.69, 9.17) is 4.52 Å². The summed E-state index contributed by atoms with van der Waals surface area (Å²) in [7, 11) is 0. The molecule has 1 saturated carbocycles. The van der Waals surface area contributed by atoms with Crippen LogP contribution in [-0.4, -0.2) is 33.4 Å². The van der Waals surface area contributed by atoms with Gasteiger partial charge in [-0.15, -0.1) is 0 Å². The summed E-state index contributed by atoms with van der Waals surface area (Å²) in [5, 5.41) is 18.2. The molecule has 2 heterocycles. The number of nitrogens with zero attached hydrogens (tertiary/aromatic N) is 4. The number of hydrogen-bond acceptors (Lipinski definition) is 7. The lowest BCUT2D eigenvalue weighted by Crippen LogP contribution is -2.49. The first-order valence-corrected chi connectivity index (χ1v) is 10.7. The van der Waals surface area contributed by atoms with Gasteiger partial charge in [-0.25, -0.2) is 0 Å². The molecule has 0 spiro atoms. The average Bonchev–Trinajstić information content (AvgIpc) is 3.28. The highest BCUT2D eigenvalue weighted by Gasteiger charge is 2.43. The maximum Gasteiger partial charge on any atom is 0.306 e. The average molecular weight is 445 g/mol. The van der Waals surface area contributed by atoms with Crippen molar-refractivity contribution in [2.24, 2.45) is 5.92 Å². The number of benzene rings is 1. The van der Waals surface area contributed by atoms with Crippen LogP contribution in [0.5, 0.6) is 0 Å².